The summed E-state index contributed by atoms with van der Waals surface area (Å²) in [5.41, 5.74) is 1.65. The molecule has 9 heteroatoms. The second-order valence-corrected chi connectivity index (χ2v) is 7.46. The summed E-state index contributed by atoms with van der Waals surface area (Å²) < 4.78 is 5.34. The van der Waals surface area contributed by atoms with Gasteiger partial charge in [-0.2, -0.15) is 0 Å². The molecule has 0 radical (unpaired) electrons. The van der Waals surface area contributed by atoms with Crippen molar-refractivity contribution in [3.63, 3.8) is 0 Å². The molecule has 0 bridgehead atoms. The number of esters is 1. The van der Waals surface area contributed by atoms with Crippen LogP contribution in [0, 0.1) is 12.8 Å². The summed E-state index contributed by atoms with van der Waals surface area (Å²) in [5, 5.41) is 12.9. The monoisotopic (exact) mass is 421 g/mol. The van der Waals surface area contributed by atoms with Crippen molar-refractivity contribution in [3.05, 3.63) is 46.6 Å². The second-order valence-electron chi connectivity index (χ2n) is 6.46. The van der Waals surface area contributed by atoms with Gasteiger partial charge in [0.15, 0.2) is 0 Å². The molecule has 0 fully saturated rings. The van der Waals surface area contributed by atoms with Crippen LogP contribution in [0.25, 0.3) is 10.2 Å². The SMILES string of the molecule is Cc1c(C(=O)OCC(C)C)sc2ncnc(Nc3ccc(C(=O)O)cc3)c12.Cl. The van der Waals surface area contributed by atoms with Gasteiger partial charge in [-0.05, 0) is 42.7 Å². The number of hydrogen-bond acceptors (Lipinski definition) is 7. The summed E-state index contributed by atoms with van der Waals surface area (Å²) in [6.45, 7) is 6.16. The molecule has 7 nitrogen and oxygen atoms in total. The molecule has 0 aliphatic carbocycles. The zero-order valence-corrected chi connectivity index (χ0v) is 17.2. The summed E-state index contributed by atoms with van der Waals surface area (Å²) >= 11 is 1.27. The van der Waals surface area contributed by atoms with Crippen molar-refractivity contribution in [3.8, 4) is 0 Å². The van der Waals surface area contributed by atoms with Crippen LogP contribution in [0.2, 0.25) is 0 Å². The Morgan fingerprint density at radius 3 is 2.50 bits per heavy atom. The number of aromatic carboxylic acids is 1. The molecule has 148 valence electrons. The Balaban J connectivity index is 0.00000280. The zero-order chi connectivity index (χ0) is 19.6. The van der Waals surface area contributed by atoms with Gasteiger partial charge in [-0.3, -0.25) is 0 Å². The van der Waals surface area contributed by atoms with Crippen molar-refractivity contribution < 1.29 is 19.4 Å². The van der Waals surface area contributed by atoms with Crippen LogP contribution < -0.4 is 5.32 Å². The Morgan fingerprint density at radius 1 is 1.21 bits per heavy atom. The maximum atomic E-state index is 12.4. The average molecular weight is 422 g/mol. The highest BCUT2D eigenvalue weighted by molar-refractivity contribution is 7.20. The minimum Gasteiger partial charge on any atom is -0.478 e. The van der Waals surface area contributed by atoms with E-state index in [1.807, 2.05) is 20.8 Å². The summed E-state index contributed by atoms with van der Waals surface area (Å²) in [4.78, 5) is 33.1. The first-order chi connectivity index (χ1) is 12.9. The lowest BCUT2D eigenvalue weighted by molar-refractivity contribution is 0.0463. The third kappa shape index (κ3) is 4.58. The van der Waals surface area contributed by atoms with E-state index >= 15 is 0 Å². The van der Waals surface area contributed by atoms with E-state index in [-0.39, 0.29) is 29.9 Å². The van der Waals surface area contributed by atoms with Gasteiger partial charge in [-0.15, -0.1) is 23.7 Å². The van der Waals surface area contributed by atoms with E-state index in [2.05, 4.69) is 15.3 Å². The molecule has 1 aromatic carbocycles. The lowest BCUT2D eigenvalue weighted by atomic mass is 10.2. The number of nitrogens with zero attached hydrogens (tertiary/aromatic N) is 2. The highest BCUT2D eigenvalue weighted by Gasteiger charge is 2.20. The average Bonchev–Trinajstić information content (AvgIpc) is 2.98. The number of carboxylic acid groups (broad SMARTS) is 1. The van der Waals surface area contributed by atoms with Gasteiger partial charge in [-0.25, -0.2) is 19.6 Å². The number of carbonyl (C=O) groups excluding carboxylic acids is 1. The van der Waals surface area contributed by atoms with Gasteiger partial charge in [0.25, 0.3) is 0 Å². The number of aromatic nitrogens is 2. The van der Waals surface area contributed by atoms with E-state index in [1.54, 1.807) is 12.1 Å². The Labute approximate surface area is 172 Å². The summed E-state index contributed by atoms with van der Waals surface area (Å²) in [6.07, 6.45) is 1.43. The molecule has 3 aromatic rings. The van der Waals surface area contributed by atoms with Crippen LogP contribution in [-0.4, -0.2) is 33.6 Å². The number of benzene rings is 1. The van der Waals surface area contributed by atoms with Gasteiger partial charge >= 0.3 is 11.9 Å². The van der Waals surface area contributed by atoms with Crippen LogP contribution in [0.1, 0.15) is 39.4 Å². The molecule has 0 saturated carbocycles. The third-order valence-electron chi connectivity index (χ3n) is 3.85. The van der Waals surface area contributed by atoms with Crippen LogP contribution in [0.15, 0.2) is 30.6 Å². The van der Waals surface area contributed by atoms with Gasteiger partial charge in [-0.1, -0.05) is 13.8 Å². The van der Waals surface area contributed by atoms with Crippen molar-refractivity contribution in [2.75, 3.05) is 11.9 Å². The van der Waals surface area contributed by atoms with Gasteiger partial charge < -0.3 is 15.2 Å². The fraction of sp³-hybridized carbons (Fsp3) is 0.263. The van der Waals surface area contributed by atoms with Crippen LogP contribution in [0.4, 0.5) is 11.5 Å². The Bertz CT molecular complexity index is 1000. The van der Waals surface area contributed by atoms with E-state index in [4.69, 9.17) is 9.84 Å². The molecule has 0 aliphatic rings. The topological polar surface area (TPSA) is 101 Å². The maximum absolute atomic E-state index is 12.4. The Morgan fingerprint density at radius 2 is 1.89 bits per heavy atom. The lowest BCUT2D eigenvalue weighted by Gasteiger charge is -2.08. The number of carboxylic acids is 1. The molecule has 0 aliphatic heterocycles. The smallest absolute Gasteiger partial charge is 0.348 e. The Hall–Kier alpha value is -2.71. The highest BCUT2D eigenvalue weighted by Crippen LogP contribution is 2.34. The largest absolute Gasteiger partial charge is 0.478 e. The number of halogens is 1. The molecular weight excluding hydrogens is 402 g/mol. The lowest BCUT2D eigenvalue weighted by Crippen LogP contribution is -2.09. The number of nitrogens with one attached hydrogen (secondary N) is 1. The number of ether oxygens (including phenoxy) is 1. The molecule has 2 heterocycles. The van der Waals surface area contributed by atoms with Gasteiger partial charge in [0.05, 0.1) is 17.6 Å². The van der Waals surface area contributed by atoms with Crippen LogP contribution >= 0.6 is 23.7 Å². The van der Waals surface area contributed by atoms with Crippen molar-refractivity contribution in [2.24, 2.45) is 5.92 Å². The molecule has 0 atom stereocenters. The first-order valence-electron chi connectivity index (χ1n) is 8.38. The van der Waals surface area contributed by atoms with Gasteiger partial charge in [0, 0.05) is 5.69 Å². The molecular formula is C19H20ClN3O4S. The molecule has 28 heavy (non-hydrogen) atoms. The van der Waals surface area contributed by atoms with Crippen molar-refractivity contribution in [1.29, 1.82) is 0 Å². The fourth-order valence-electron chi connectivity index (χ4n) is 2.50. The molecule has 2 aromatic heterocycles. The van der Waals surface area contributed by atoms with Gasteiger partial charge in [0.1, 0.15) is 21.9 Å². The number of hydrogen-bond donors (Lipinski definition) is 2. The van der Waals surface area contributed by atoms with E-state index in [9.17, 15) is 9.59 Å². The minimum absolute atomic E-state index is 0. The number of thiophene rings is 1. The number of rotatable bonds is 6. The zero-order valence-electron chi connectivity index (χ0n) is 15.6. The first kappa shape index (κ1) is 21.6. The first-order valence-corrected chi connectivity index (χ1v) is 9.20. The Kier molecular flexibility index (Phi) is 6.93. The molecule has 2 N–H and O–H groups in total. The third-order valence-corrected chi connectivity index (χ3v) is 5.03. The number of anilines is 2. The van der Waals surface area contributed by atoms with Gasteiger partial charge in [0.2, 0.25) is 0 Å². The van der Waals surface area contributed by atoms with Crippen molar-refractivity contribution in [1.82, 2.24) is 9.97 Å². The van der Waals surface area contributed by atoms with Crippen LogP contribution in [0.5, 0.6) is 0 Å². The number of aryl methyl sites for hydroxylation is 1. The van der Waals surface area contributed by atoms with Crippen molar-refractivity contribution in [2.45, 2.75) is 20.8 Å². The highest BCUT2D eigenvalue weighted by atomic mass is 35.5. The van der Waals surface area contributed by atoms with E-state index < -0.39 is 5.97 Å². The molecule has 3 rings (SSSR count). The van der Waals surface area contributed by atoms with E-state index in [0.717, 1.165) is 10.9 Å². The summed E-state index contributed by atoms with van der Waals surface area (Å²) in [6, 6.07) is 6.35. The predicted molar refractivity (Wildman–Crippen MR) is 111 cm³/mol. The summed E-state index contributed by atoms with van der Waals surface area (Å²) in [5.74, 6) is -0.528. The van der Waals surface area contributed by atoms with E-state index in [1.165, 1.54) is 29.8 Å². The standard InChI is InChI=1S/C19H19N3O4S.ClH/c1-10(2)8-26-19(25)15-11(3)14-16(20-9-21-17(14)27-15)22-13-6-4-12(5-7-13)18(23)24;/h4-7,9-10H,8H2,1-3H3,(H,23,24)(H,20,21,22);1H. The molecule has 0 amide bonds. The van der Waals surface area contributed by atoms with E-state index in [0.29, 0.717) is 27.8 Å². The molecule has 0 saturated heterocycles. The second kappa shape index (κ2) is 8.99. The maximum Gasteiger partial charge on any atom is 0.348 e. The number of carbonyl (C=O) groups is 2. The van der Waals surface area contributed by atoms with Crippen LogP contribution in [-0.2, 0) is 4.74 Å². The molecule has 0 spiro atoms. The summed E-state index contributed by atoms with van der Waals surface area (Å²) in [7, 11) is 0. The fourth-order valence-corrected chi connectivity index (χ4v) is 3.54. The number of fused-ring (bicyclic) bond motifs is 1. The predicted octanol–water partition coefficient (Wildman–Crippen LogP) is 4.68. The van der Waals surface area contributed by atoms with Crippen molar-refractivity contribution >= 4 is 57.4 Å². The minimum atomic E-state index is -0.982. The normalized spacial score (nSPS) is 10.6. The molecule has 0 unspecified atom stereocenters. The van der Waals surface area contributed by atoms with Crippen LogP contribution in [0.3, 0.4) is 0 Å². The quantitative estimate of drug-likeness (QED) is 0.557.